The van der Waals surface area contributed by atoms with Crippen molar-refractivity contribution in [3.8, 4) is 5.75 Å². The van der Waals surface area contributed by atoms with E-state index in [1.165, 1.54) is 0 Å². The number of benzene rings is 1. The first kappa shape index (κ1) is 12.5. The molecule has 0 bridgehead atoms. The summed E-state index contributed by atoms with van der Waals surface area (Å²) in [6, 6.07) is 8.00. The largest absolute Gasteiger partial charge is 0.497 e. The fourth-order valence-electron chi connectivity index (χ4n) is 1.67. The van der Waals surface area contributed by atoms with E-state index >= 15 is 0 Å². The number of rotatable bonds is 5. The van der Waals surface area contributed by atoms with Gasteiger partial charge in [-0.05, 0) is 42.1 Å². The van der Waals surface area contributed by atoms with Crippen molar-refractivity contribution in [2.24, 2.45) is 0 Å². The molecule has 1 atom stereocenters. The maximum Gasteiger partial charge on any atom is 0.168 e. The summed E-state index contributed by atoms with van der Waals surface area (Å²) < 4.78 is 6.92. The topological polar surface area (TPSA) is 64.9 Å². The van der Waals surface area contributed by atoms with Gasteiger partial charge in [0.25, 0.3) is 0 Å². The number of hydrogen-bond acceptors (Lipinski definition) is 5. The number of methoxy groups -OCH3 is 1. The molecule has 0 spiro atoms. The molecule has 1 aromatic heterocycles. The molecule has 2 aromatic rings. The van der Waals surface area contributed by atoms with Gasteiger partial charge in [-0.2, -0.15) is 0 Å². The summed E-state index contributed by atoms with van der Waals surface area (Å²) in [5, 5.41) is 14.9. The van der Waals surface area contributed by atoms with E-state index in [0.717, 1.165) is 17.1 Å². The van der Waals surface area contributed by atoms with Crippen LogP contribution in [0.25, 0.3) is 0 Å². The molecule has 6 nitrogen and oxygen atoms in total. The Hall–Kier alpha value is -1.95. The maximum atomic E-state index is 5.13. The molecule has 18 heavy (non-hydrogen) atoms. The zero-order chi connectivity index (χ0) is 13.0. The van der Waals surface area contributed by atoms with Crippen molar-refractivity contribution in [2.45, 2.75) is 19.5 Å². The third kappa shape index (κ3) is 2.65. The van der Waals surface area contributed by atoms with E-state index in [4.69, 9.17) is 4.74 Å². The van der Waals surface area contributed by atoms with Crippen LogP contribution in [0.15, 0.2) is 24.3 Å². The Labute approximate surface area is 106 Å². The summed E-state index contributed by atoms with van der Waals surface area (Å²) in [5.74, 6) is 1.67. The monoisotopic (exact) mass is 247 g/mol. The average Bonchev–Trinajstić information content (AvgIpc) is 2.87. The van der Waals surface area contributed by atoms with Gasteiger partial charge in [0.05, 0.1) is 19.7 Å². The molecule has 1 heterocycles. The van der Waals surface area contributed by atoms with Gasteiger partial charge in [-0.3, -0.25) is 0 Å². The van der Waals surface area contributed by atoms with Crippen LogP contribution in [-0.2, 0) is 6.54 Å². The lowest BCUT2D eigenvalue weighted by Gasteiger charge is -2.10. The van der Waals surface area contributed by atoms with Crippen LogP contribution in [0, 0.1) is 0 Å². The Morgan fingerprint density at radius 3 is 2.67 bits per heavy atom. The van der Waals surface area contributed by atoms with Crippen molar-refractivity contribution in [1.82, 2.24) is 25.5 Å². The summed E-state index contributed by atoms with van der Waals surface area (Å²) in [6.45, 7) is 2.68. The molecule has 1 aromatic carbocycles. The quantitative estimate of drug-likeness (QED) is 0.854. The van der Waals surface area contributed by atoms with Crippen molar-refractivity contribution in [3.05, 3.63) is 35.7 Å². The molecule has 1 N–H and O–H groups in total. The number of ether oxygens (including phenoxy) is 1. The second-order valence-electron chi connectivity index (χ2n) is 4.05. The van der Waals surface area contributed by atoms with E-state index in [0.29, 0.717) is 6.54 Å². The molecular weight excluding hydrogens is 230 g/mol. The Balaban J connectivity index is 2.15. The number of nitrogens with zero attached hydrogens (tertiary/aromatic N) is 4. The summed E-state index contributed by atoms with van der Waals surface area (Å²) in [6.07, 6.45) is 0. The molecule has 0 aliphatic carbocycles. The molecule has 6 heteroatoms. The number of nitrogens with one attached hydrogen (secondary N) is 1. The van der Waals surface area contributed by atoms with Gasteiger partial charge in [-0.1, -0.05) is 12.1 Å². The molecule has 0 aliphatic rings. The van der Waals surface area contributed by atoms with Gasteiger partial charge in [0.1, 0.15) is 5.75 Å². The average molecular weight is 247 g/mol. The van der Waals surface area contributed by atoms with Crippen molar-refractivity contribution >= 4 is 0 Å². The lowest BCUT2D eigenvalue weighted by atomic mass is 10.2. The van der Waals surface area contributed by atoms with E-state index in [1.54, 1.807) is 11.8 Å². The fraction of sp³-hybridized carbons (Fsp3) is 0.417. The van der Waals surface area contributed by atoms with Crippen LogP contribution in [0.3, 0.4) is 0 Å². The van der Waals surface area contributed by atoms with Crippen LogP contribution in [-0.4, -0.2) is 34.4 Å². The summed E-state index contributed by atoms with van der Waals surface area (Å²) >= 11 is 0. The predicted molar refractivity (Wildman–Crippen MR) is 67.4 cm³/mol. The van der Waals surface area contributed by atoms with Crippen LogP contribution in [0.1, 0.15) is 24.4 Å². The second-order valence-corrected chi connectivity index (χ2v) is 4.05. The summed E-state index contributed by atoms with van der Waals surface area (Å²) in [5.41, 5.74) is 1.13. The Kier molecular flexibility index (Phi) is 3.88. The van der Waals surface area contributed by atoms with Crippen LogP contribution < -0.4 is 10.1 Å². The molecule has 0 aliphatic heterocycles. The first-order valence-electron chi connectivity index (χ1n) is 5.81. The lowest BCUT2D eigenvalue weighted by molar-refractivity contribution is 0.414. The van der Waals surface area contributed by atoms with E-state index in [2.05, 4.69) is 20.8 Å². The van der Waals surface area contributed by atoms with Crippen molar-refractivity contribution < 1.29 is 4.74 Å². The number of aromatic nitrogens is 4. The van der Waals surface area contributed by atoms with Gasteiger partial charge in [-0.15, -0.1) is 5.10 Å². The highest BCUT2D eigenvalue weighted by Gasteiger charge is 2.12. The minimum Gasteiger partial charge on any atom is -0.497 e. The summed E-state index contributed by atoms with van der Waals surface area (Å²) in [4.78, 5) is 0. The highest BCUT2D eigenvalue weighted by molar-refractivity contribution is 5.27. The van der Waals surface area contributed by atoms with Crippen molar-refractivity contribution in [2.75, 3.05) is 14.2 Å². The van der Waals surface area contributed by atoms with Crippen molar-refractivity contribution in [3.63, 3.8) is 0 Å². The standard InChI is InChI=1S/C12H17N5O/c1-9(13-2)12-14-15-16-17(12)8-10-4-6-11(18-3)7-5-10/h4-7,9,13H,8H2,1-3H3. The second kappa shape index (κ2) is 5.59. The molecule has 2 rings (SSSR count). The molecular formula is C12H17N5O. The third-order valence-corrected chi connectivity index (χ3v) is 2.87. The molecule has 1 unspecified atom stereocenters. The Morgan fingerprint density at radius 2 is 2.06 bits per heavy atom. The molecule has 0 fully saturated rings. The predicted octanol–water partition coefficient (Wildman–Crippen LogP) is 1.01. The van der Waals surface area contributed by atoms with Crippen LogP contribution in [0.5, 0.6) is 5.75 Å². The first-order valence-corrected chi connectivity index (χ1v) is 5.81. The molecule has 0 amide bonds. The first-order chi connectivity index (χ1) is 8.74. The Bertz CT molecular complexity index is 493. The normalized spacial score (nSPS) is 12.4. The lowest BCUT2D eigenvalue weighted by Crippen LogP contribution is -2.19. The zero-order valence-corrected chi connectivity index (χ0v) is 10.8. The zero-order valence-electron chi connectivity index (χ0n) is 10.8. The van der Waals surface area contributed by atoms with Gasteiger partial charge < -0.3 is 10.1 Å². The molecule has 0 saturated carbocycles. The van der Waals surface area contributed by atoms with Crippen molar-refractivity contribution in [1.29, 1.82) is 0 Å². The van der Waals surface area contributed by atoms with E-state index in [1.807, 2.05) is 38.2 Å². The van der Waals surface area contributed by atoms with E-state index in [9.17, 15) is 0 Å². The Morgan fingerprint density at radius 1 is 1.33 bits per heavy atom. The van der Waals surface area contributed by atoms with Gasteiger partial charge in [0, 0.05) is 0 Å². The highest BCUT2D eigenvalue weighted by Crippen LogP contribution is 2.13. The van der Waals surface area contributed by atoms with Crippen LogP contribution in [0.2, 0.25) is 0 Å². The van der Waals surface area contributed by atoms with Crippen LogP contribution in [0.4, 0.5) is 0 Å². The fourth-order valence-corrected chi connectivity index (χ4v) is 1.67. The summed E-state index contributed by atoms with van der Waals surface area (Å²) in [7, 11) is 3.54. The number of hydrogen-bond donors (Lipinski definition) is 1. The van der Waals surface area contributed by atoms with E-state index < -0.39 is 0 Å². The minimum atomic E-state index is 0.123. The number of tetrazole rings is 1. The van der Waals surface area contributed by atoms with Crippen LogP contribution >= 0.6 is 0 Å². The third-order valence-electron chi connectivity index (χ3n) is 2.87. The highest BCUT2D eigenvalue weighted by atomic mass is 16.5. The minimum absolute atomic E-state index is 0.123. The molecule has 0 saturated heterocycles. The smallest absolute Gasteiger partial charge is 0.168 e. The van der Waals surface area contributed by atoms with Gasteiger partial charge >= 0.3 is 0 Å². The van der Waals surface area contributed by atoms with Gasteiger partial charge in [0.15, 0.2) is 5.82 Å². The SMILES string of the molecule is CNC(C)c1nnnn1Cc1ccc(OC)cc1. The van der Waals surface area contributed by atoms with Gasteiger partial charge in [-0.25, -0.2) is 4.68 Å². The van der Waals surface area contributed by atoms with E-state index in [-0.39, 0.29) is 6.04 Å². The molecule has 96 valence electrons. The maximum absolute atomic E-state index is 5.13. The van der Waals surface area contributed by atoms with Gasteiger partial charge in [0.2, 0.25) is 0 Å². The molecule has 0 radical (unpaired) electrons.